The van der Waals surface area contributed by atoms with E-state index in [0.29, 0.717) is 36.8 Å². The Balaban J connectivity index is 1.19. The number of piperidine rings is 1. The van der Waals surface area contributed by atoms with Crippen molar-refractivity contribution in [1.29, 1.82) is 0 Å². The van der Waals surface area contributed by atoms with Gasteiger partial charge in [0.2, 0.25) is 23.5 Å². The first-order valence-corrected chi connectivity index (χ1v) is 12.8. The number of nitrogens with zero attached hydrogens (tertiary/aromatic N) is 4. The van der Waals surface area contributed by atoms with Crippen molar-refractivity contribution in [3.63, 3.8) is 0 Å². The molecule has 2 atom stereocenters. The maximum atomic E-state index is 13.0. The normalized spacial score (nSPS) is 18.3. The summed E-state index contributed by atoms with van der Waals surface area (Å²) in [6, 6.07) is 15.2. The lowest BCUT2D eigenvalue weighted by atomic mass is 9.94. The van der Waals surface area contributed by atoms with Gasteiger partial charge in [0.05, 0.1) is 6.54 Å². The molecule has 3 amide bonds. The molecule has 1 N–H and O–H groups in total. The first kappa shape index (κ1) is 24.8. The van der Waals surface area contributed by atoms with Crippen LogP contribution in [0.3, 0.4) is 0 Å². The zero-order chi connectivity index (χ0) is 25.9. The zero-order valence-electron chi connectivity index (χ0n) is 21.1. The summed E-state index contributed by atoms with van der Waals surface area (Å²) >= 11 is 0. The number of fused-ring (bicyclic) bond motifs is 1. The molecule has 5 rings (SSSR count). The van der Waals surface area contributed by atoms with Gasteiger partial charge in [0.1, 0.15) is 6.04 Å². The fourth-order valence-electron chi connectivity index (χ4n) is 5.01. The minimum Gasteiger partial charge on any atom is -0.338 e. The Morgan fingerprint density at radius 2 is 1.97 bits per heavy atom. The Morgan fingerprint density at radius 3 is 2.73 bits per heavy atom. The Bertz CT molecular complexity index is 1300. The van der Waals surface area contributed by atoms with Crippen molar-refractivity contribution in [1.82, 2.24) is 25.3 Å². The number of carbonyl (C=O) groups is 3. The van der Waals surface area contributed by atoms with E-state index in [-0.39, 0.29) is 30.1 Å². The maximum Gasteiger partial charge on any atom is 0.255 e. The minimum atomic E-state index is -0.594. The Morgan fingerprint density at radius 1 is 1.16 bits per heavy atom. The predicted molar refractivity (Wildman–Crippen MR) is 136 cm³/mol. The number of carbonyl (C=O) groups excluding carboxylic acids is 3. The van der Waals surface area contributed by atoms with Gasteiger partial charge in [-0.05, 0) is 49.0 Å². The van der Waals surface area contributed by atoms with E-state index < -0.39 is 6.04 Å². The molecule has 2 aromatic carbocycles. The second kappa shape index (κ2) is 10.6. The van der Waals surface area contributed by atoms with E-state index in [0.717, 1.165) is 36.2 Å². The molecule has 1 aromatic heterocycles. The summed E-state index contributed by atoms with van der Waals surface area (Å²) in [5.41, 5.74) is 3.67. The average molecular weight is 502 g/mol. The Labute approximate surface area is 215 Å². The number of imide groups is 1. The molecular formula is C28H31N5O4. The van der Waals surface area contributed by atoms with Gasteiger partial charge in [-0.1, -0.05) is 61.5 Å². The third-order valence-corrected chi connectivity index (χ3v) is 7.30. The first-order chi connectivity index (χ1) is 17.9. The van der Waals surface area contributed by atoms with E-state index >= 15 is 0 Å². The first-order valence-electron chi connectivity index (χ1n) is 12.8. The van der Waals surface area contributed by atoms with Crippen molar-refractivity contribution in [2.75, 3.05) is 13.1 Å². The molecule has 3 aromatic rings. The molecule has 37 heavy (non-hydrogen) atoms. The molecule has 0 bridgehead atoms. The lowest BCUT2D eigenvalue weighted by molar-refractivity contribution is -0.136. The van der Waals surface area contributed by atoms with Crippen molar-refractivity contribution in [2.24, 2.45) is 0 Å². The third kappa shape index (κ3) is 5.32. The van der Waals surface area contributed by atoms with Crippen molar-refractivity contribution >= 4 is 17.7 Å². The number of aromatic nitrogens is 2. The van der Waals surface area contributed by atoms with Crippen molar-refractivity contribution in [3.8, 4) is 11.4 Å². The van der Waals surface area contributed by atoms with Crippen LogP contribution in [0.25, 0.3) is 11.4 Å². The third-order valence-electron chi connectivity index (χ3n) is 7.30. The van der Waals surface area contributed by atoms with Gasteiger partial charge in [-0.2, -0.15) is 4.98 Å². The molecule has 192 valence electrons. The van der Waals surface area contributed by atoms with Crippen molar-refractivity contribution in [3.05, 3.63) is 71.1 Å². The average Bonchev–Trinajstić information content (AvgIpc) is 3.51. The molecule has 1 saturated heterocycles. The number of nitrogens with one attached hydrogen (secondary N) is 1. The zero-order valence-corrected chi connectivity index (χ0v) is 21.1. The van der Waals surface area contributed by atoms with Crippen LogP contribution in [0.1, 0.15) is 66.4 Å². The van der Waals surface area contributed by atoms with Gasteiger partial charge >= 0.3 is 0 Å². The number of benzene rings is 2. The van der Waals surface area contributed by atoms with E-state index in [4.69, 9.17) is 4.52 Å². The summed E-state index contributed by atoms with van der Waals surface area (Å²) in [6.07, 6.45) is 1.55. The van der Waals surface area contributed by atoms with Gasteiger partial charge in [-0.25, -0.2) is 0 Å². The van der Waals surface area contributed by atoms with Crippen LogP contribution in [0.15, 0.2) is 53.1 Å². The Kier molecular flexibility index (Phi) is 7.14. The van der Waals surface area contributed by atoms with Crippen LogP contribution in [0.5, 0.6) is 0 Å². The number of hydrogen-bond donors (Lipinski definition) is 1. The number of hydrogen-bond acceptors (Lipinski definition) is 7. The second-order valence-corrected chi connectivity index (χ2v) is 9.75. The largest absolute Gasteiger partial charge is 0.338 e. The monoisotopic (exact) mass is 501 g/mol. The molecule has 2 unspecified atom stereocenters. The molecule has 2 aliphatic rings. The molecule has 0 spiro atoms. The molecule has 9 nitrogen and oxygen atoms in total. The fourth-order valence-corrected chi connectivity index (χ4v) is 5.01. The summed E-state index contributed by atoms with van der Waals surface area (Å²) in [6.45, 7) is 6.99. The predicted octanol–water partition coefficient (Wildman–Crippen LogP) is 3.51. The van der Waals surface area contributed by atoms with Crippen LogP contribution in [-0.2, 0) is 22.7 Å². The lowest BCUT2D eigenvalue weighted by Crippen LogP contribution is -2.52. The van der Waals surface area contributed by atoms with Gasteiger partial charge < -0.3 is 9.42 Å². The van der Waals surface area contributed by atoms with Crippen LogP contribution in [0, 0.1) is 0 Å². The standard InChI is InChI=1S/C28H31N5O4/c1-3-32(17-25-30-26(31-37-25)19-7-5-4-6-8-19)14-13-18(2)20-9-10-22-21(15-20)16-33(28(22)36)23-11-12-24(34)29-27(23)35/h4-10,15,18,23H,3,11-14,16-17H2,1-2H3,(H,29,34,35). The molecule has 3 heterocycles. The van der Waals surface area contributed by atoms with E-state index in [2.05, 4.69) is 40.3 Å². The van der Waals surface area contributed by atoms with Crippen LogP contribution in [0.4, 0.5) is 0 Å². The van der Waals surface area contributed by atoms with Gasteiger partial charge in [0, 0.05) is 24.1 Å². The SMILES string of the molecule is CCN(CCC(C)c1ccc2c(c1)CN(C1CCC(=O)NC1=O)C2=O)Cc1nc(-c2ccccc2)no1. The van der Waals surface area contributed by atoms with Gasteiger partial charge in [-0.3, -0.25) is 24.6 Å². The molecular weight excluding hydrogens is 470 g/mol. The number of amides is 3. The van der Waals surface area contributed by atoms with E-state index in [9.17, 15) is 14.4 Å². The van der Waals surface area contributed by atoms with E-state index in [1.807, 2.05) is 42.5 Å². The molecule has 1 fully saturated rings. The highest BCUT2D eigenvalue weighted by molar-refractivity contribution is 6.05. The molecule has 9 heteroatoms. The second-order valence-electron chi connectivity index (χ2n) is 9.75. The van der Waals surface area contributed by atoms with Gasteiger partial charge in [0.15, 0.2) is 0 Å². The van der Waals surface area contributed by atoms with Crippen LogP contribution in [-0.4, -0.2) is 56.8 Å². The van der Waals surface area contributed by atoms with Gasteiger partial charge in [0.25, 0.3) is 5.91 Å². The van der Waals surface area contributed by atoms with E-state index in [1.54, 1.807) is 4.90 Å². The lowest BCUT2D eigenvalue weighted by Gasteiger charge is -2.29. The highest BCUT2D eigenvalue weighted by Gasteiger charge is 2.39. The summed E-state index contributed by atoms with van der Waals surface area (Å²) in [4.78, 5) is 45.2. The van der Waals surface area contributed by atoms with E-state index in [1.165, 1.54) is 0 Å². The summed E-state index contributed by atoms with van der Waals surface area (Å²) in [5.74, 6) is 0.662. The van der Waals surface area contributed by atoms with Crippen molar-refractivity contribution < 1.29 is 18.9 Å². The van der Waals surface area contributed by atoms with Crippen molar-refractivity contribution in [2.45, 2.75) is 58.2 Å². The van der Waals surface area contributed by atoms with Gasteiger partial charge in [-0.15, -0.1) is 0 Å². The quantitative estimate of drug-likeness (QED) is 0.447. The summed E-state index contributed by atoms with van der Waals surface area (Å²) < 4.78 is 5.49. The highest BCUT2D eigenvalue weighted by Crippen LogP contribution is 2.31. The van der Waals surface area contributed by atoms with Crippen LogP contribution < -0.4 is 5.32 Å². The van der Waals surface area contributed by atoms with Crippen LogP contribution >= 0.6 is 0 Å². The molecule has 0 aliphatic carbocycles. The summed E-state index contributed by atoms with van der Waals surface area (Å²) in [5, 5.41) is 6.47. The molecule has 0 saturated carbocycles. The fraction of sp³-hybridized carbons (Fsp3) is 0.393. The number of rotatable bonds is 9. The Hall–Kier alpha value is -3.85. The maximum absolute atomic E-state index is 13.0. The molecule has 0 radical (unpaired) electrons. The minimum absolute atomic E-state index is 0.143. The topological polar surface area (TPSA) is 109 Å². The summed E-state index contributed by atoms with van der Waals surface area (Å²) in [7, 11) is 0. The smallest absolute Gasteiger partial charge is 0.255 e. The van der Waals surface area contributed by atoms with Crippen LogP contribution in [0.2, 0.25) is 0 Å². The molecule has 2 aliphatic heterocycles. The highest BCUT2D eigenvalue weighted by atomic mass is 16.5.